The number of rotatable bonds is 14. The summed E-state index contributed by atoms with van der Waals surface area (Å²) in [5.74, 6) is 2.34. The number of hydrogen-bond donors (Lipinski definition) is 1. The van der Waals surface area contributed by atoms with E-state index in [-0.39, 0.29) is 18.2 Å². The van der Waals surface area contributed by atoms with Crippen molar-refractivity contribution in [2.75, 3.05) is 27.4 Å². The van der Waals surface area contributed by atoms with E-state index in [0.717, 1.165) is 22.8 Å². The molecule has 2 aromatic rings. The molecule has 1 atom stereocenters. The summed E-state index contributed by atoms with van der Waals surface area (Å²) < 4.78 is 16.2. The van der Waals surface area contributed by atoms with Crippen LogP contribution in [0.5, 0.6) is 17.2 Å². The lowest BCUT2D eigenvalue weighted by atomic mass is 10.1. The highest BCUT2D eigenvalue weighted by Gasteiger charge is 2.28. The fourth-order valence-corrected chi connectivity index (χ4v) is 3.54. The standard InChI is InChI=1S/C27H38N2O5/c1-6-25(27(31)28-18-20(2)3)29(19-21-9-7-10-24(17-21)33-5)26(30)11-8-16-34-23-14-12-22(32-4)13-15-23/h7,9-10,12-15,17,20,25H,6,8,11,16,18-19H2,1-5H3,(H,28,31)/t25-/m0/s1. The van der Waals surface area contributed by atoms with Crippen LogP contribution in [0.25, 0.3) is 0 Å². The first-order valence-electron chi connectivity index (χ1n) is 11.8. The molecule has 0 aliphatic carbocycles. The Bertz CT molecular complexity index is 898. The Labute approximate surface area is 203 Å². The van der Waals surface area contributed by atoms with Crippen LogP contribution in [0.4, 0.5) is 0 Å². The summed E-state index contributed by atoms with van der Waals surface area (Å²) >= 11 is 0. The minimum atomic E-state index is -0.542. The van der Waals surface area contributed by atoms with Crippen LogP contribution in [0.2, 0.25) is 0 Å². The number of ether oxygens (including phenoxy) is 3. The third kappa shape index (κ3) is 8.61. The molecule has 7 heteroatoms. The van der Waals surface area contributed by atoms with E-state index in [4.69, 9.17) is 14.2 Å². The molecule has 1 N–H and O–H groups in total. The molecular weight excluding hydrogens is 432 g/mol. The van der Waals surface area contributed by atoms with Crippen molar-refractivity contribution in [2.24, 2.45) is 5.92 Å². The highest BCUT2D eigenvalue weighted by molar-refractivity contribution is 5.87. The van der Waals surface area contributed by atoms with Gasteiger partial charge in [-0.15, -0.1) is 0 Å². The predicted octanol–water partition coefficient (Wildman–Crippen LogP) is 4.44. The second kappa shape index (κ2) is 14.1. The SMILES string of the molecule is CC[C@@H](C(=O)NCC(C)C)N(Cc1cccc(OC)c1)C(=O)CCCOc1ccc(OC)cc1. The van der Waals surface area contributed by atoms with Gasteiger partial charge in [0.2, 0.25) is 11.8 Å². The summed E-state index contributed by atoms with van der Waals surface area (Å²) in [6.45, 7) is 7.33. The van der Waals surface area contributed by atoms with Crippen molar-refractivity contribution in [1.29, 1.82) is 0 Å². The smallest absolute Gasteiger partial charge is 0.242 e. The zero-order valence-electron chi connectivity index (χ0n) is 21.0. The Morgan fingerprint density at radius 3 is 2.26 bits per heavy atom. The van der Waals surface area contributed by atoms with Gasteiger partial charge >= 0.3 is 0 Å². The molecular formula is C27H38N2O5. The van der Waals surface area contributed by atoms with Crippen LogP contribution in [-0.2, 0) is 16.1 Å². The number of nitrogens with zero attached hydrogens (tertiary/aromatic N) is 1. The van der Waals surface area contributed by atoms with Gasteiger partial charge in [-0.25, -0.2) is 0 Å². The molecule has 0 unspecified atom stereocenters. The lowest BCUT2D eigenvalue weighted by Crippen LogP contribution is -2.49. The zero-order chi connectivity index (χ0) is 24.9. The Hall–Kier alpha value is -3.22. The van der Waals surface area contributed by atoms with Gasteiger partial charge in [0.25, 0.3) is 0 Å². The lowest BCUT2D eigenvalue weighted by Gasteiger charge is -2.31. The first-order valence-corrected chi connectivity index (χ1v) is 11.8. The van der Waals surface area contributed by atoms with Crippen LogP contribution in [0, 0.1) is 5.92 Å². The number of benzene rings is 2. The van der Waals surface area contributed by atoms with E-state index < -0.39 is 6.04 Å². The van der Waals surface area contributed by atoms with Crippen LogP contribution in [0.15, 0.2) is 48.5 Å². The molecule has 0 aliphatic heterocycles. The molecule has 0 aliphatic rings. The monoisotopic (exact) mass is 470 g/mol. The molecule has 7 nitrogen and oxygen atoms in total. The predicted molar refractivity (Wildman–Crippen MR) is 133 cm³/mol. The van der Waals surface area contributed by atoms with E-state index in [1.807, 2.05) is 69.3 Å². The molecule has 2 aromatic carbocycles. The fraction of sp³-hybridized carbons (Fsp3) is 0.481. The van der Waals surface area contributed by atoms with Gasteiger partial charge in [0.05, 0.1) is 20.8 Å². The van der Waals surface area contributed by atoms with Crippen molar-refractivity contribution in [1.82, 2.24) is 10.2 Å². The normalized spacial score (nSPS) is 11.6. The van der Waals surface area contributed by atoms with Gasteiger partial charge < -0.3 is 24.4 Å². The Balaban J connectivity index is 2.06. The maximum absolute atomic E-state index is 13.3. The third-order valence-corrected chi connectivity index (χ3v) is 5.42. The average molecular weight is 471 g/mol. The summed E-state index contributed by atoms with van der Waals surface area (Å²) in [6.07, 6.45) is 1.36. The molecule has 0 saturated heterocycles. The number of methoxy groups -OCH3 is 2. The molecule has 0 radical (unpaired) electrons. The Morgan fingerprint density at radius 1 is 0.971 bits per heavy atom. The molecule has 0 spiro atoms. The molecule has 34 heavy (non-hydrogen) atoms. The molecule has 186 valence electrons. The maximum Gasteiger partial charge on any atom is 0.242 e. The lowest BCUT2D eigenvalue weighted by molar-refractivity contribution is -0.141. The number of hydrogen-bond acceptors (Lipinski definition) is 5. The van der Waals surface area contributed by atoms with Crippen LogP contribution in [0.1, 0.15) is 45.6 Å². The number of nitrogens with one attached hydrogen (secondary N) is 1. The van der Waals surface area contributed by atoms with Crippen LogP contribution in [0.3, 0.4) is 0 Å². The summed E-state index contributed by atoms with van der Waals surface area (Å²) in [4.78, 5) is 27.9. The Kier molecular flexibility index (Phi) is 11.2. The van der Waals surface area contributed by atoms with Crippen LogP contribution < -0.4 is 19.5 Å². The maximum atomic E-state index is 13.3. The topological polar surface area (TPSA) is 77.1 Å². The number of amides is 2. The highest BCUT2D eigenvalue weighted by Crippen LogP contribution is 2.20. The van der Waals surface area contributed by atoms with Crippen molar-refractivity contribution >= 4 is 11.8 Å². The van der Waals surface area contributed by atoms with Crippen LogP contribution >= 0.6 is 0 Å². The van der Waals surface area contributed by atoms with E-state index in [2.05, 4.69) is 5.32 Å². The molecule has 2 amide bonds. The van der Waals surface area contributed by atoms with Gasteiger partial charge in [0.15, 0.2) is 0 Å². The van der Waals surface area contributed by atoms with Gasteiger partial charge in [0, 0.05) is 19.5 Å². The summed E-state index contributed by atoms with van der Waals surface area (Å²) in [5.41, 5.74) is 0.914. The van der Waals surface area contributed by atoms with Crippen molar-refractivity contribution in [3.8, 4) is 17.2 Å². The minimum absolute atomic E-state index is 0.0762. The summed E-state index contributed by atoms with van der Waals surface area (Å²) in [5, 5.41) is 2.98. The van der Waals surface area contributed by atoms with E-state index in [9.17, 15) is 9.59 Å². The average Bonchev–Trinajstić information content (AvgIpc) is 2.85. The van der Waals surface area contributed by atoms with E-state index in [1.165, 1.54) is 0 Å². The molecule has 2 rings (SSSR count). The van der Waals surface area contributed by atoms with Gasteiger partial charge in [-0.1, -0.05) is 32.9 Å². The zero-order valence-corrected chi connectivity index (χ0v) is 21.0. The van der Waals surface area contributed by atoms with Crippen molar-refractivity contribution < 1.29 is 23.8 Å². The molecule has 0 bridgehead atoms. The van der Waals surface area contributed by atoms with Gasteiger partial charge in [-0.05, 0) is 60.7 Å². The molecule has 0 heterocycles. The molecule has 0 saturated carbocycles. The largest absolute Gasteiger partial charge is 0.497 e. The quantitative estimate of drug-likeness (QED) is 0.413. The van der Waals surface area contributed by atoms with Crippen LogP contribution in [-0.4, -0.2) is 50.1 Å². The number of carbonyl (C=O) groups excluding carboxylic acids is 2. The van der Waals surface area contributed by atoms with Gasteiger partial charge in [-0.3, -0.25) is 9.59 Å². The second-order valence-corrected chi connectivity index (χ2v) is 8.56. The molecule has 0 aromatic heterocycles. The third-order valence-electron chi connectivity index (χ3n) is 5.42. The van der Waals surface area contributed by atoms with Crippen molar-refractivity contribution in [2.45, 2.75) is 52.6 Å². The van der Waals surface area contributed by atoms with E-state index in [1.54, 1.807) is 19.1 Å². The van der Waals surface area contributed by atoms with Gasteiger partial charge in [-0.2, -0.15) is 0 Å². The summed E-state index contributed by atoms with van der Waals surface area (Å²) in [6, 6.07) is 14.4. The number of carbonyl (C=O) groups is 2. The highest BCUT2D eigenvalue weighted by atomic mass is 16.5. The Morgan fingerprint density at radius 2 is 1.65 bits per heavy atom. The molecule has 0 fully saturated rings. The van der Waals surface area contributed by atoms with E-state index >= 15 is 0 Å². The second-order valence-electron chi connectivity index (χ2n) is 8.56. The first kappa shape index (κ1) is 27.0. The van der Waals surface area contributed by atoms with E-state index in [0.29, 0.717) is 38.5 Å². The minimum Gasteiger partial charge on any atom is -0.497 e. The summed E-state index contributed by atoms with van der Waals surface area (Å²) in [7, 11) is 3.23. The first-order chi connectivity index (χ1) is 16.4. The fourth-order valence-electron chi connectivity index (χ4n) is 3.54. The van der Waals surface area contributed by atoms with Crippen molar-refractivity contribution in [3.63, 3.8) is 0 Å². The van der Waals surface area contributed by atoms with Crippen molar-refractivity contribution in [3.05, 3.63) is 54.1 Å². The van der Waals surface area contributed by atoms with Gasteiger partial charge in [0.1, 0.15) is 23.3 Å².